The molecule has 0 aromatic heterocycles. The van der Waals surface area contributed by atoms with Crippen LogP contribution in [0.5, 0.6) is 0 Å². The van der Waals surface area contributed by atoms with Crippen LogP contribution in [-0.2, 0) is 0 Å². The molecular weight excluding hydrogens is 100 g/mol. The lowest BCUT2D eigenvalue weighted by Gasteiger charge is -2.48. The van der Waals surface area contributed by atoms with Crippen molar-refractivity contribution in [1.29, 1.82) is 0 Å². The summed E-state index contributed by atoms with van der Waals surface area (Å²) in [5, 5.41) is 0. The number of nitrogens with two attached hydrogens (primary N) is 1. The molecule has 2 atom stereocenters. The minimum absolute atomic E-state index is 0.403. The second-order valence-corrected chi connectivity index (χ2v) is 2.72. The van der Waals surface area contributed by atoms with Crippen molar-refractivity contribution in [2.75, 3.05) is 7.05 Å². The molecule has 1 fully saturated rings. The van der Waals surface area contributed by atoms with Crippen LogP contribution in [0.15, 0.2) is 0 Å². The van der Waals surface area contributed by atoms with Gasteiger partial charge in [-0.05, 0) is 20.9 Å². The van der Waals surface area contributed by atoms with Crippen LogP contribution in [0.2, 0.25) is 0 Å². The van der Waals surface area contributed by atoms with E-state index in [1.165, 1.54) is 0 Å². The van der Waals surface area contributed by atoms with Crippen LogP contribution in [0.4, 0.5) is 0 Å². The van der Waals surface area contributed by atoms with E-state index in [0.29, 0.717) is 18.1 Å². The summed E-state index contributed by atoms with van der Waals surface area (Å²) in [5.41, 5.74) is 5.71. The third-order valence-electron chi connectivity index (χ3n) is 2.40. The van der Waals surface area contributed by atoms with Crippen molar-refractivity contribution in [1.82, 2.24) is 4.90 Å². The molecule has 8 heavy (non-hydrogen) atoms. The lowest BCUT2D eigenvalue weighted by atomic mass is 9.91. The van der Waals surface area contributed by atoms with E-state index in [0.717, 1.165) is 0 Å². The van der Waals surface area contributed by atoms with Crippen molar-refractivity contribution in [2.45, 2.75) is 32.0 Å². The van der Waals surface area contributed by atoms with Crippen molar-refractivity contribution < 1.29 is 0 Å². The van der Waals surface area contributed by atoms with Gasteiger partial charge >= 0.3 is 0 Å². The van der Waals surface area contributed by atoms with Gasteiger partial charge in [-0.25, -0.2) is 0 Å². The maximum Gasteiger partial charge on any atom is 0.0349 e. The van der Waals surface area contributed by atoms with Crippen molar-refractivity contribution in [2.24, 2.45) is 5.73 Å². The maximum absolute atomic E-state index is 5.71. The van der Waals surface area contributed by atoms with Crippen molar-refractivity contribution in [3.63, 3.8) is 0 Å². The number of likely N-dealkylation sites (tertiary alicyclic amines) is 1. The maximum atomic E-state index is 5.71. The van der Waals surface area contributed by atoms with Crippen LogP contribution in [0.1, 0.15) is 13.8 Å². The number of hydrogen-bond donors (Lipinski definition) is 1. The van der Waals surface area contributed by atoms with Crippen LogP contribution >= 0.6 is 0 Å². The lowest BCUT2D eigenvalue weighted by Crippen LogP contribution is -2.67. The molecule has 48 valence electrons. The average Bonchev–Trinajstić information content (AvgIpc) is 1.83. The van der Waals surface area contributed by atoms with Crippen LogP contribution < -0.4 is 5.73 Å². The number of nitrogens with zero attached hydrogens (tertiary/aromatic N) is 1. The Morgan fingerprint density at radius 3 is 1.75 bits per heavy atom. The third-order valence-corrected chi connectivity index (χ3v) is 2.40. The van der Waals surface area contributed by atoms with Gasteiger partial charge in [0.05, 0.1) is 0 Å². The molecule has 0 amide bonds. The molecule has 1 heterocycles. The largest absolute Gasteiger partial charge is 0.325 e. The van der Waals surface area contributed by atoms with Gasteiger partial charge in [0, 0.05) is 18.1 Å². The van der Waals surface area contributed by atoms with Gasteiger partial charge in [0.2, 0.25) is 0 Å². The molecule has 2 heteroatoms. The summed E-state index contributed by atoms with van der Waals surface area (Å²) in [6.07, 6.45) is 0. The van der Waals surface area contributed by atoms with Crippen LogP contribution in [0.25, 0.3) is 0 Å². The first-order valence-electron chi connectivity index (χ1n) is 3.12. The molecule has 0 aromatic carbocycles. The Morgan fingerprint density at radius 1 is 1.25 bits per heavy atom. The molecule has 2 nitrogen and oxygen atoms in total. The fraction of sp³-hybridized carbons (Fsp3) is 1.00. The summed E-state index contributed by atoms with van der Waals surface area (Å²) in [5.74, 6) is 0. The Balaban J connectivity index is 2.42. The Labute approximate surface area is 50.7 Å². The van der Waals surface area contributed by atoms with E-state index in [-0.39, 0.29) is 0 Å². The van der Waals surface area contributed by atoms with Crippen molar-refractivity contribution >= 4 is 0 Å². The molecule has 0 aliphatic carbocycles. The summed E-state index contributed by atoms with van der Waals surface area (Å²) in [6, 6.07) is 1.58. The van der Waals surface area contributed by atoms with Crippen molar-refractivity contribution in [3.05, 3.63) is 0 Å². The molecule has 0 bridgehead atoms. The Morgan fingerprint density at radius 2 is 1.62 bits per heavy atom. The first-order valence-corrected chi connectivity index (χ1v) is 3.12. The lowest BCUT2D eigenvalue weighted by molar-refractivity contribution is 0.0393. The number of likely N-dealkylation sites (N-methyl/N-ethyl adjacent to an activating group) is 1. The van der Waals surface area contributed by atoms with E-state index in [1.54, 1.807) is 0 Å². The van der Waals surface area contributed by atoms with E-state index in [4.69, 9.17) is 5.73 Å². The predicted molar refractivity (Wildman–Crippen MR) is 34.7 cm³/mol. The minimum Gasteiger partial charge on any atom is -0.325 e. The second kappa shape index (κ2) is 1.71. The van der Waals surface area contributed by atoms with Crippen molar-refractivity contribution in [3.8, 4) is 0 Å². The summed E-state index contributed by atoms with van der Waals surface area (Å²) in [7, 11) is 2.11. The standard InChI is InChI=1S/C6H14N2/c1-4-6(7)5(2)8(4)3/h4-6H,7H2,1-3H3. The average molecular weight is 114 g/mol. The summed E-state index contributed by atoms with van der Waals surface area (Å²) in [4.78, 5) is 2.28. The van der Waals surface area contributed by atoms with Crippen LogP contribution in [-0.4, -0.2) is 30.1 Å². The second-order valence-electron chi connectivity index (χ2n) is 2.72. The Bertz CT molecular complexity index is 60.5. The van der Waals surface area contributed by atoms with Gasteiger partial charge in [0.15, 0.2) is 0 Å². The van der Waals surface area contributed by atoms with E-state index in [2.05, 4.69) is 25.8 Å². The van der Waals surface area contributed by atoms with Gasteiger partial charge in [-0.1, -0.05) is 0 Å². The molecule has 0 spiro atoms. The molecule has 0 radical (unpaired) electrons. The molecule has 1 rings (SSSR count). The SMILES string of the molecule is CC1C(N)C(C)N1C. The first kappa shape index (κ1) is 6.05. The zero-order valence-electron chi connectivity index (χ0n) is 5.76. The minimum atomic E-state index is 0.403. The summed E-state index contributed by atoms with van der Waals surface area (Å²) < 4.78 is 0. The summed E-state index contributed by atoms with van der Waals surface area (Å²) in [6.45, 7) is 4.31. The molecular formula is C6H14N2. The number of rotatable bonds is 0. The van der Waals surface area contributed by atoms with E-state index < -0.39 is 0 Å². The van der Waals surface area contributed by atoms with E-state index in [1.807, 2.05) is 0 Å². The molecule has 0 aromatic rings. The first-order chi connectivity index (χ1) is 3.64. The highest BCUT2D eigenvalue weighted by molar-refractivity contribution is 4.97. The Hall–Kier alpha value is -0.0800. The van der Waals surface area contributed by atoms with Gasteiger partial charge in [-0.15, -0.1) is 0 Å². The topological polar surface area (TPSA) is 29.3 Å². The normalized spacial score (nSPS) is 48.8. The highest BCUT2D eigenvalue weighted by Gasteiger charge is 2.36. The fourth-order valence-electron chi connectivity index (χ4n) is 1.22. The molecule has 1 saturated heterocycles. The quantitative estimate of drug-likeness (QED) is 0.481. The predicted octanol–water partition coefficient (Wildman–Crippen LogP) is 0.0361. The van der Waals surface area contributed by atoms with E-state index >= 15 is 0 Å². The molecule has 0 saturated carbocycles. The van der Waals surface area contributed by atoms with Gasteiger partial charge in [-0.2, -0.15) is 0 Å². The Kier molecular flexibility index (Phi) is 1.29. The molecule has 1 aliphatic heterocycles. The van der Waals surface area contributed by atoms with Crippen LogP contribution in [0.3, 0.4) is 0 Å². The highest BCUT2D eigenvalue weighted by Crippen LogP contribution is 2.20. The zero-order valence-corrected chi connectivity index (χ0v) is 5.76. The smallest absolute Gasteiger partial charge is 0.0349 e. The van der Waals surface area contributed by atoms with Gasteiger partial charge in [-0.3, -0.25) is 4.90 Å². The molecule has 2 unspecified atom stereocenters. The highest BCUT2D eigenvalue weighted by atomic mass is 15.3. The van der Waals surface area contributed by atoms with E-state index in [9.17, 15) is 0 Å². The van der Waals surface area contributed by atoms with Gasteiger partial charge < -0.3 is 5.73 Å². The molecule has 2 N–H and O–H groups in total. The number of hydrogen-bond acceptors (Lipinski definition) is 2. The van der Waals surface area contributed by atoms with Gasteiger partial charge in [0.25, 0.3) is 0 Å². The van der Waals surface area contributed by atoms with Crippen LogP contribution in [0, 0.1) is 0 Å². The monoisotopic (exact) mass is 114 g/mol. The molecule has 1 aliphatic rings. The summed E-state index contributed by atoms with van der Waals surface area (Å²) >= 11 is 0. The fourth-order valence-corrected chi connectivity index (χ4v) is 1.22. The van der Waals surface area contributed by atoms with Gasteiger partial charge in [0.1, 0.15) is 0 Å². The zero-order chi connectivity index (χ0) is 6.31. The third kappa shape index (κ3) is 0.565.